The van der Waals surface area contributed by atoms with Gasteiger partial charge in [-0.05, 0) is 25.1 Å². The Kier molecular flexibility index (Phi) is 8.49. The maximum Gasteiger partial charge on any atom is 0.379 e. The molecule has 1 aromatic rings. The topological polar surface area (TPSA) is 72.9 Å². The van der Waals surface area contributed by atoms with Gasteiger partial charge in [-0.2, -0.15) is 0 Å². The van der Waals surface area contributed by atoms with Gasteiger partial charge in [0.1, 0.15) is 0 Å². The molecule has 0 bridgehead atoms. The van der Waals surface area contributed by atoms with Crippen LogP contribution < -0.4 is 0 Å². The van der Waals surface area contributed by atoms with Crippen molar-refractivity contribution in [3.8, 4) is 0 Å². The Labute approximate surface area is 151 Å². The number of thioether (sulfide) groups is 1. The van der Waals surface area contributed by atoms with Gasteiger partial charge in [-0.3, -0.25) is 4.79 Å². The summed E-state index contributed by atoms with van der Waals surface area (Å²) < 4.78 is 9.53. The van der Waals surface area contributed by atoms with Crippen molar-refractivity contribution in [2.24, 2.45) is 0 Å². The minimum Gasteiger partial charge on any atom is -0.463 e. The van der Waals surface area contributed by atoms with Crippen molar-refractivity contribution in [2.75, 3.05) is 27.8 Å². The molecule has 0 heterocycles. The lowest BCUT2D eigenvalue weighted by Crippen LogP contribution is -2.19. The molecule has 0 saturated carbocycles. The molecular weight excluding hydrogens is 342 g/mol. The summed E-state index contributed by atoms with van der Waals surface area (Å²) >= 11 is 1.15. The van der Waals surface area contributed by atoms with Gasteiger partial charge in [-0.15, -0.1) is 0 Å². The molecule has 7 heteroatoms. The predicted molar refractivity (Wildman–Crippen MR) is 95.8 cm³/mol. The molecule has 0 atom stereocenters. The van der Waals surface area contributed by atoms with E-state index in [0.717, 1.165) is 23.8 Å². The highest BCUT2D eigenvalue weighted by Crippen LogP contribution is 2.28. The largest absolute Gasteiger partial charge is 0.463 e. The molecular formula is C18H21NO5S. The quantitative estimate of drug-likeness (QED) is 0.231. The summed E-state index contributed by atoms with van der Waals surface area (Å²) in [5, 5.41) is 0. The van der Waals surface area contributed by atoms with Gasteiger partial charge >= 0.3 is 11.9 Å². The predicted octanol–water partition coefficient (Wildman–Crippen LogP) is 2.41. The second-order valence-electron chi connectivity index (χ2n) is 5.01. The summed E-state index contributed by atoms with van der Waals surface area (Å²) in [5.74, 6) is -2.41. The number of hydrogen-bond donors (Lipinski definition) is 0. The van der Waals surface area contributed by atoms with Crippen LogP contribution in [0.5, 0.6) is 0 Å². The first-order chi connectivity index (χ1) is 11.9. The Morgan fingerprint density at radius 3 is 2.28 bits per heavy atom. The number of benzene rings is 1. The van der Waals surface area contributed by atoms with Gasteiger partial charge in [0.15, 0.2) is 0 Å². The Hall–Kier alpha value is -2.54. The SMILES string of the molecule is CCOC(=O)C(=CC(=CN(C)C)C(=O)C(=O)OC)Sc1ccccc1. The van der Waals surface area contributed by atoms with Crippen LogP contribution in [0.3, 0.4) is 0 Å². The Morgan fingerprint density at radius 2 is 1.76 bits per heavy atom. The summed E-state index contributed by atoms with van der Waals surface area (Å²) in [5.41, 5.74) is 0.0309. The van der Waals surface area contributed by atoms with Crippen LogP contribution in [0, 0.1) is 0 Å². The summed E-state index contributed by atoms with van der Waals surface area (Å²) in [6.45, 7) is 1.89. The fourth-order valence-electron chi connectivity index (χ4n) is 1.74. The molecule has 0 aliphatic heterocycles. The van der Waals surface area contributed by atoms with Gasteiger partial charge in [0.05, 0.1) is 18.6 Å². The van der Waals surface area contributed by atoms with Crippen molar-refractivity contribution in [3.63, 3.8) is 0 Å². The van der Waals surface area contributed by atoms with Crippen LogP contribution in [0.1, 0.15) is 6.92 Å². The van der Waals surface area contributed by atoms with Crippen LogP contribution in [0.2, 0.25) is 0 Å². The van der Waals surface area contributed by atoms with Crippen molar-refractivity contribution in [2.45, 2.75) is 11.8 Å². The first kappa shape index (κ1) is 20.5. The van der Waals surface area contributed by atoms with Crippen molar-refractivity contribution in [1.82, 2.24) is 4.90 Å². The number of carbonyl (C=O) groups is 3. The molecule has 134 valence electrons. The molecule has 1 rings (SSSR count). The molecule has 0 aromatic heterocycles. The van der Waals surface area contributed by atoms with Gasteiger partial charge in [-0.1, -0.05) is 30.0 Å². The van der Waals surface area contributed by atoms with Gasteiger partial charge in [0, 0.05) is 30.8 Å². The number of hydrogen-bond acceptors (Lipinski definition) is 7. The zero-order valence-electron chi connectivity index (χ0n) is 14.6. The molecule has 0 radical (unpaired) electrons. The molecule has 0 amide bonds. The average molecular weight is 363 g/mol. The van der Waals surface area contributed by atoms with Crippen molar-refractivity contribution in [3.05, 3.63) is 53.1 Å². The summed E-state index contributed by atoms with van der Waals surface area (Å²) in [6, 6.07) is 9.18. The van der Waals surface area contributed by atoms with E-state index in [4.69, 9.17) is 4.74 Å². The highest BCUT2D eigenvalue weighted by molar-refractivity contribution is 8.04. The first-order valence-electron chi connectivity index (χ1n) is 7.51. The lowest BCUT2D eigenvalue weighted by molar-refractivity contribution is -0.149. The third-order valence-electron chi connectivity index (χ3n) is 2.76. The van der Waals surface area contributed by atoms with E-state index in [1.165, 1.54) is 12.3 Å². The van der Waals surface area contributed by atoms with Crippen molar-refractivity contribution in [1.29, 1.82) is 0 Å². The van der Waals surface area contributed by atoms with Crippen molar-refractivity contribution >= 4 is 29.5 Å². The second-order valence-corrected chi connectivity index (χ2v) is 6.13. The summed E-state index contributed by atoms with van der Waals surface area (Å²) in [7, 11) is 4.53. The summed E-state index contributed by atoms with van der Waals surface area (Å²) in [4.78, 5) is 38.6. The minimum absolute atomic E-state index is 0.0309. The van der Waals surface area contributed by atoms with Crippen LogP contribution >= 0.6 is 11.8 Å². The first-order valence-corrected chi connectivity index (χ1v) is 8.33. The maximum atomic E-state index is 12.3. The van der Waals surface area contributed by atoms with Crippen LogP contribution in [0.15, 0.2) is 58.0 Å². The molecule has 0 aliphatic rings. The Balaban J connectivity index is 3.28. The molecule has 0 saturated heterocycles. The summed E-state index contributed by atoms with van der Waals surface area (Å²) in [6.07, 6.45) is 2.79. The van der Waals surface area contributed by atoms with Crippen LogP contribution in [-0.4, -0.2) is 50.4 Å². The normalized spacial score (nSPS) is 11.7. The number of allylic oxidation sites excluding steroid dienone is 1. The third kappa shape index (κ3) is 6.84. The average Bonchev–Trinajstić information content (AvgIpc) is 2.59. The zero-order valence-corrected chi connectivity index (χ0v) is 15.5. The van der Waals surface area contributed by atoms with E-state index >= 15 is 0 Å². The van der Waals surface area contributed by atoms with Crippen LogP contribution in [-0.2, 0) is 23.9 Å². The van der Waals surface area contributed by atoms with E-state index in [-0.39, 0.29) is 17.1 Å². The highest BCUT2D eigenvalue weighted by atomic mass is 32.2. The molecule has 0 unspecified atom stereocenters. The van der Waals surface area contributed by atoms with E-state index in [0.29, 0.717) is 0 Å². The maximum absolute atomic E-state index is 12.3. The van der Waals surface area contributed by atoms with Gasteiger partial charge < -0.3 is 14.4 Å². The lowest BCUT2D eigenvalue weighted by Gasteiger charge is -2.10. The smallest absolute Gasteiger partial charge is 0.379 e. The van der Waals surface area contributed by atoms with Gasteiger partial charge in [-0.25, -0.2) is 9.59 Å². The standard InChI is InChI=1S/C18H21NO5S/c1-5-24-17(21)15(25-14-9-7-6-8-10-14)11-13(12-19(2)3)16(20)18(22)23-4/h6-12H,5H2,1-4H3. The van der Waals surface area contributed by atoms with Crippen molar-refractivity contribution < 1.29 is 23.9 Å². The number of rotatable bonds is 8. The van der Waals surface area contributed by atoms with E-state index < -0.39 is 17.7 Å². The Bertz CT molecular complexity index is 680. The number of methoxy groups -OCH3 is 1. The number of nitrogens with zero attached hydrogens (tertiary/aromatic N) is 1. The fourth-order valence-corrected chi connectivity index (χ4v) is 2.61. The van der Waals surface area contributed by atoms with Gasteiger partial charge in [0.2, 0.25) is 0 Å². The number of ketones is 1. The molecule has 0 aliphatic carbocycles. The van der Waals surface area contributed by atoms with E-state index in [1.54, 1.807) is 25.9 Å². The second kappa shape index (κ2) is 10.4. The monoisotopic (exact) mass is 363 g/mol. The molecule has 1 aromatic carbocycles. The third-order valence-corrected chi connectivity index (χ3v) is 3.78. The number of ether oxygens (including phenoxy) is 2. The van der Waals surface area contributed by atoms with E-state index in [2.05, 4.69) is 4.74 Å². The molecule has 0 fully saturated rings. The van der Waals surface area contributed by atoms with Crippen LogP contribution in [0.4, 0.5) is 0 Å². The number of carbonyl (C=O) groups excluding carboxylic acids is 3. The van der Waals surface area contributed by atoms with E-state index in [1.807, 2.05) is 30.3 Å². The van der Waals surface area contributed by atoms with E-state index in [9.17, 15) is 14.4 Å². The number of Topliss-reactive ketones (excluding diaryl/α,β-unsaturated/α-hetero) is 1. The Morgan fingerprint density at radius 1 is 1.12 bits per heavy atom. The molecule has 0 N–H and O–H groups in total. The molecule has 0 spiro atoms. The fraction of sp³-hybridized carbons (Fsp3) is 0.278. The zero-order chi connectivity index (χ0) is 18.8. The highest BCUT2D eigenvalue weighted by Gasteiger charge is 2.22. The lowest BCUT2D eigenvalue weighted by atomic mass is 10.1. The number of esters is 2. The van der Waals surface area contributed by atoms with Crippen LogP contribution in [0.25, 0.3) is 0 Å². The van der Waals surface area contributed by atoms with Gasteiger partial charge in [0.25, 0.3) is 5.78 Å². The minimum atomic E-state index is -1.00. The molecule has 25 heavy (non-hydrogen) atoms. The molecule has 6 nitrogen and oxygen atoms in total.